The molecule has 0 bridgehead atoms. The first-order valence-electron chi connectivity index (χ1n) is 8.78. The monoisotopic (exact) mass is 400 g/mol. The van der Waals surface area contributed by atoms with E-state index in [1.807, 2.05) is 66.7 Å². The third kappa shape index (κ3) is 5.74. The molecule has 0 aliphatic carbocycles. The van der Waals surface area contributed by atoms with Crippen LogP contribution >= 0.6 is 23.2 Å². The van der Waals surface area contributed by atoms with Crippen LogP contribution in [0.5, 0.6) is 11.5 Å². The summed E-state index contributed by atoms with van der Waals surface area (Å²) in [5.41, 5.74) is 2.16. The average Bonchev–Trinajstić information content (AvgIpc) is 2.62. The lowest BCUT2D eigenvalue weighted by atomic mass is 9.86. The van der Waals surface area contributed by atoms with Crippen LogP contribution in [-0.4, -0.2) is 6.61 Å². The summed E-state index contributed by atoms with van der Waals surface area (Å²) in [7, 11) is 0. The van der Waals surface area contributed by atoms with E-state index in [2.05, 4.69) is 13.8 Å². The Hall–Kier alpha value is -2.00. The summed E-state index contributed by atoms with van der Waals surface area (Å²) in [6.45, 7) is 5.45. The van der Waals surface area contributed by atoms with Gasteiger partial charge in [-0.15, -0.1) is 0 Å². The van der Waals surface area contributed by atoms with Gasteiger partial charge in [-0.05, 0) is 53.6 Å². The minimum Gasteiger partial charge on any atom is -0.457 e. The van der Waals surface area contributed by atoms with Gasteiger partial charge in [0.25, 0.3) is 0 Å². The topological polar surface area (TPSA) is 18.5 Å². The van der Waals surface area contributed by atoms with Gasteiger partial charge in [0, 0.05) is 15.5 Å². The largest absolute Gasteiger partial charge is 0.457 e. The van der Waals surface area contributed by atoms with Crippen LogP contribution in [0.25, 0.3) is 0 Å². The zero-order chi connectivity index (χ0) is 19.3. The van der Waals surface area contributed by atoms with Crippen molar-refractivity contribution in [1.82, 2.24) is 0 Å². The molecule has 0 saturated heterocycles. The molecule has 2 nitrogen and oxygen atoms in total. The standard InChI is InChI=1S/C23H22Cl2O2/c1-23(2,18-9-11-19(24)12-10-18)16-26-15-17-5-3-7-21(13-17)27-22-8-4-6-20(25)14-22/h3-14H,15-16H2,1-2H3. The zero-order valence-corrected chi connectivity index (χ0v) is 16.9. The SMILES string of the molecule is CC(C)(COCc1cccc(Oc2cccc(Cl)c2)c1)c1ccc(Cl)cc1. The summed E-state index contributed by atoms with van der Waals surface area (Å²) < 4.78 is 11.9. The zero-order valence-electron chi connectivity index (χ0n) is 15.4. The molecule has 0 spiro atoms. The highest BCUT2D eigenvalue weighted by atomic mass is 35.5. The van der Waals surface area contributed by atoms with Gasteiger partial charge >= 0.3 is 0 Å². The maximum absolute atomic E-state index is 6.01. The predicted molar refractivity (Wildman–Crippen MR) is 112 cm³/mol. The van der Waals surface area contributed by atoms with E-state index in [4.69, 9.17) is 32.7 Å². The van der Waals surface area contributed by atoms with Crippen molar-refractivity contribution >= 4 is 23.2 Å². The van der Waals surface area contributed by atoms with E-state index in [9.17, 15) is 0 Å². The van der Waals surface area contributed by atoms with Gasteiger partial charge in [0.1, 0.15) is 11.5 Å². The van der Waals surface area contributed by atoms with E-state index in [0.29, 0.717) is 24.0 Å². The second kappa shape index (κ2) is 8.79. The van der Waals surface area contributed by atoms with Crippen molar-refractivity contribution in [1.29, 1.82) is 0 Å². The Morgan fingerprint density at radius 2 is 1.44 bits per heavy atom. The summed E-state index contributed by atoms with van der Waals surface area (Å²) in [4.78, 5) is 0. The lowest BCUT2D eigenvalue weighted by Gasteiger charge is -2.25. The van der Waals surface area contributed by atoms with E-state index >= 15 is 0 Å². The lowest BCUT2D eigenvalue weighted by molar-refractivity contribution is 0.0824. The van der Waals surface area contributed by atoms with Crippen LogP contribution in [0.3, 0.4) is 0 Å². The fourth-order valence-electron chi connectivity index (χ4n) is 2.77. The van der Waals surface area contributed by atoms with Gasteiger partial charge in [0.05, 0.1) is 13.2 Å². The maximum atomic E-state index is 6.01. The lowest BCUT2D eigenvalue weighted by Crippen LogP contribution is -2.24. The summed E-state index contributed by atoms with van der Waals surface area (Å²) >= 11 is 12.0. The second-order valence-electron chi connectivity index (χ2n) is 7.09. The second-order valence-corrected chi connectivity index (χ2v) is 7.96. The van der Waals surface area contributed by atoms with Crippen LogP contribution in [0.4, 0.5) is 0 Å². The van der Waals surface area contributed by atoms with Crippen molar-refractivity contribution in [3.63, 3.8) is 0 Å². The molecule has 0 aliphatic heterocycles. The molecule has 0 radical (unpaired) electrons. The molecule has 0 aromatic heterocycles. The van der Waals surface area contributed by atoms with Crippen LogP contribution < -0.4 is 4.74 Å². The average molecular weight is 401 g/mol. The number of hydrogen-bond donors (Lipinski definition) is 0. The first kappa shape index (κ1) is 19.8. The quantitative estimate of drug-likeness (QED) is 0.414. The minimum atomic E-state index is -0.0977. The molecule has 0 amide bonds. The summed E-state index contributed by atoms with van der Waals surface area (Å²) in [6, 6.07) is 23.2. The van der Waals surface area contributed by atoms with E-state index < -0.39 is 0 Å². The van der Waals surface area contributed by atoms with Crippen molar-refractivity contribution in [3.05, 3.63) is 94.0 Å². The van der Waals surface area contributed by atoms with Gasteiger partial charge in [0.15, 0.2) is 0 Å². The van der Waals surface area contributed by atoms with Crippen LogP contribution in [0.1, 0.15) is 25.0 Å². The molecule has 3 aromatic carbocycles. The fourth-order valence-corrected chi connectivity index (χ4v) is 3.08. The molecule has 3 aromatic rings. The van der Waals surface area contributed by atoms with E-state index in [-0.39, 0.29) is 5.41 Å². The third-order valence-electron chi connectivity index (χ3n) is 4.29. The Bertz CT molecular complexity index is 889. The van der Waals surface area contributed by atoms with Crippen LogP contribution in [-0.2, 0) is 16.8 Å². The molecule has 0 unspecified atom stereocenters. The first-order chi connectivity index (χ1) is 12.9. The number of benzene rings is 3. The normalized spacial score (nSPS) is 11.4. The van der Waals surface area contributed by atoms with Crippen molar-refractivity contribution in [2.45, 2.75) is 25.9 Å². The molecule has 3 rings (SSSR count). The Labute approximate surface area is 170 Å². The van der Waals surface area contributed by atoms with Gasteiger partial charge in [-0.25, -0.2) is 0 Å². The van der Waals surface area contributed by atoms with Gasteiger partial charge < -0.3 is 9.47 Å². The number of halogens is 2. The number of hydrogen-bond acceptors (Lipinski definition) is 2. The molecule has 0 saturated carbocycles. The Balaban J connectivity index is 1.59. The van der Waals surface area contributed by atoms with E-state index in [0.717, 1.165) is 16.3 Å². The van der Waals surface area contributed by atoms with Gasteiger partial charge in [-0.2, -0.15) is 0 Å². The Kier molecular flexibility index (Phi) is 6.43. The number of rotatable bonds is 7. The van der Waals surface area contributed by atoms with E-state index in [1.165, 1.54) is 5.56 Å². The van der Waals surface area contributed by atoms with Crippen molar-refractivity contribution < 1.29 is 9.47 Å². The maximum Gasteiger partial charge on any atom is 0.128 e. The molecule has 0 aliphatic rings. The van der Waals surface area contributed by atoms with Crippen LogP contribution in [0.15, 0.2) is 72.8 Å². The van der Waals surface area contributed by atoms with Crippen molar-refractivity contribution in [2.75, 3.05) is 6.61 Å². The molecule has 0 heterocycles. The molecule has 140 valence electrons. The third-order valence-corrected chi connectivity index (χ3v) is 4.77. The highest BCUT2D eigenvalue weighted by molar-refractivity contribution is 6.30. The Morgan fingerprint density at radius 1 is 0.778 bits per heavy atom. The van der Waals surface area contributed by atoms with Crippen LogP contribution in [0, 0.1) is 0 Å². The van der Waals surface area contributed by atoms with Crippen molar-refractivity contribution in [3.8, 4) is 11.5 Å². The molecular weight excluding hydrogens is 379 g/mol. The highest BCUT2D eigenvalue weighted by Crippen LogP contribution is 2.27. The summed E-state index contributed by atoms with van der Waals surface area (Å²) in [5.74, 6) is 1.47. The first-order valence-corrected chi connectivity index (χ1v) is 9.54. The van der Waals surface area contributed by atoms with Gasteiger partial charge in [0.2, 0.25) is 0 Å². The Morgan fingerprint density at radius 3 is 2.15 bits per heavy atom. The summed E-state index contributed by atoms with van der Waals surface area (Å²) in [6.07, 6.45) is 0. The molecule has 27 heavy (non-hydrogen) atoms. The molecular formula is C23H22Cl2O2. The molecule has 4 heteroatoms. The van der Waals surface area contributed by atoms with Crippen LogP contribution in [0.2, 0.25) is 10.0 Å². The smallest absolute Gasteiger partial charge is 0.128 e. The predicted octanol–water partition coefficient (Wildman–Crippen LogP) is 7.28. The molecule has 0 fully saturated rings. The summed E-state index contributed by atoms with van der Waals surface area (Å²) in [5, 5.41) is 1.39. The van der Waals surface area contributed by atoms with Gasteiger partial charge in [-0.1, -0.05) is 67.4 Å². The molecule has 0 N–H and O–H groups in total. The minimum absolute atomic E-state index is 0.0977. The van der Waals surface area contributed by atoms with E-state index in [1.54, 1.807) is 6.07 Å². The fraction of sp³-hybridized carbons (Fsp3) is 0.217. The van der Waals surface area contributed by atoms with Gasteiger partial charge in [-0.3, -0.25) is 0 Å². The van der Waals surface area contributed by atoms with Crippen molar-refractivity contribution in [2.24, 2.45) is 0 Å². The highest BCUT2D eigenvalue weighted by Gasteiger charge is 2.20. The number of ether oxygens (including phenoxy) is 2. The molecule has 0 atom stereocenters.